The van der Waals surface area contributed by atoms with E-state index in [1.807, 2.05) is 0 Å². The highest BCUT2D eigenvalue weighted by Gasteiger charge is 2.00. The van der Waals surface area contributed by atoms with Crippen LogP contribution in [0.3, 0.4) is 0 Å². The van der Waals surface area contributed by atoms with Crippen molar-refractivity contribution in [3.63, 3.8) is 0 Å². The van der Waals surface area contributed by atoms with Gasteiger partial charge in [0.1, 0.15) is 13.1 Å². The van der Waals surface area contributed by atoms with Crippen LogP contribution in [0.1, 0.15) is 12.8 Å². The van der Waals surface area contributed by atoms with E-state index in [2.05, 4.69) is 15.3 Å². The van der Waals surface area contributed by atoms with Gasteiger partial charge in [-0.3, -0.25) is 14.4 Å². The molecule has 0 radical (unpaired) electrons. The standard InChI is InChI=1S/C7H14N4O3.C3H7N3O2/c8-7(9)11-4-5(12)10-3-1-2-6(13)14;4-3(5)6-1-2(7)8/h1-4H2,(H,10,12)(H,13,14)(H4,8,9,11);1H2,(H,7,8)(H4,4,5,6). The molecule has 0 spiro atoms. The lowest BCUT2D eigenvalue weighted by Gasteiger charge is -2.01. The van der Waals surface area contributed by atoms with Crippen molar-refractivity contribution in [2.75, 3.05) is 19.6 Å². The lowest BCUT2D eigenvalue weighted by Crippen LogP contribution is -2.30. The Morgan fingerprint density at radius 2 is 1.36 bits per heavy atom. The maximum absolute atomic E-state index is 10.9. The minimum absolute atomic E-state index is 0.0303. The smallest absolute Gasteiger partial charge is 0.325 e. The fraction of sp³-hybridized carbons (Fsp3) is 0.500. The minimum atomic E-state index is -1.04. The van der Waals surface area contributed by atoms with Crippen LogP contribution in [-0.4, -0.2) is 59.6 Å². The van der Waals surface area contributed by atoms with Crippen LogP contribution in [0.25, 0.3) is 0 Å². The molecule has 0 fully saturated rings. The van der Waals surface area contributed by atoms with Gasteiger partial charge in [0.05, 0.1) is 0 Å². The number of carboxylic acid groups (broad SMARTS) is 2. The van der Waals surface area contributed by atoms with Gasteiger partial charge >= 0.3 is 11.9 Å². The molecular formula is C10H21N7O5. The van der Waals surface area contributed by atoms with Gasteiger partial charge in [0.15, 0.2) is 11.9 Å². The van der Waals surface area contributed by atoms with Crippen LogP contribution < -0.4 is 28.3 Å². The summed E-state index contributed by atoms with van der Waals surface area (Å²) < 4.78 is 0. The Labute approximate surface area is 126 Å². The number of hydrogen-bond donors (Lipinski definition) is 7. The molecule has 126 valence electrons. The molecule has 1 amide bonds. The predicted molar refractivity (Wildman–Crippen MR) is 78.9 cm³/mol. The Kier molecular flexibility index (Phi) is 12.5. The van der Waals surface area contributed by atoms with Gasteiger partial charge < -0.3 is 38.5 Å². The highest BCUT2D eigenvalue weighted by Crippen LogP contribution is 1.85. The van der Waals surface area contributed by atoms with E-state index < -0.39 is 11.9 Å². The van der Waals surface area contributed by atoms with Crippen molar-refractivity contribution in [3.8, 4) is 0 Å². The van der Waals surface area contributed by atoms with Crippen LogP contribution in [0.4, 0.5) is 0 Å². The van der Waals surface area contributed by atoms with Gasteiger partial charge in [-0.2, -0.15) is 0 Å². The van der Waals surface area contributed by atoms with E-state index >= 15 is 0 Å². The Morgan fingerprint density at radius 1 is 0.864 bits per heavy atom. The summed E-state index contributed by atoms with van der Waals surface area (Å²) in [4.78, 5) is 37.4. The quantitative estimate of drug-likeness (QED) is 0.134. The van der Waals surface area contributed by atoms with Crippen LogP contribution in [0.15, 0.2) is 9.98 Å². The summed E-state index contributed by atoms with van der Waals surface area (Å²) in [6.45, 7) is -0.178. The van der Waals surface area contributed by atoms with E-state index in [4.69, 9.17) is 33.1 Å². The zero-order chi connectivity index (χ0) is 17.5. The van der Waals surface area contributed by atoms with Crippen LogP contribution in [-0.2, 0) is 14.4 Å². The van der Waals surface area contributed by atoms with Crippen molar-refractivity contribution in [2.24, 2.45) is 32.9 Å². The van der Waals surface area contributed by atoms with E-state index in [1.165, 1.54) is 0 Å². The summed E-state index contributed by atoms with van der Waals surface area (Å²) in [5, 5.41) is 18.7. The highest BCUT2D eigenvalue weighted by atomic mass is 16.4. The molecule has 0 rings (SSSR count). The number of carbonyl (C=O) groups excluding carboxylic acids is 1. The second kappa shape index (κ2) is 13.0. The Bertz CT molecular complexity index is 427. The Morgan fingerprint density at radius 3 is 1.73 bits per heavy atom. The molecule has 12 nitrogen and oxygen atoms in total. The summed E-state index contributed by atoms with van der Waals surface area (Å²) in [7, 11) is 0. The van der Waals surface area contributed by atoms with Crippen molar-refractivity contribution in [1.29, 1.82) is 0 Å². The number of amides is 1. The van der Waals surface area contributed by atoms with E-state index in [0.717, 1.165) is 0 Å². The zero-order valence-corrected chi connectivity index (χ0v) is 11.9. The Balaban J connectivity index is 0. The maximum Gasteiger partial charge on any atom is 0.325 e. The van der Waals surface area contributed by atoms with Crippen LogP contribution in [0, 0.1) is 0 Å². The van der Waals surface area contributed by atoms with Crippen LogP contribution >= 0.6 is 0 Å². The van der Waals surface area contributed by atoms with Crippen molar-refractivity contribution in [1.82, 2.24) is 5.32 Å². The molecule has 12 heteroatoms. The van der Waals surface area contributed by atoms with Gasteiger partial charge in [-0.1, -0.05) is 0 Å². The first-order chi connectivity index (χ1) is 10.1. The molecule has 0 aromatic carbocycles. The number of carbonyl (C=O) groups is 3. The molecule has 0 saturated heterocycles. The van der Waals surface area contributed by atoms with Gasteiger partial charge in [0, 0.05) is 13.0 Å². The lowest BCUT2D eigenvalue weighted by molar-refractivity contribution is -0.137. The number of hydrogen-bond acceptors (Lipinski definition) is 5. The lowest BCUT2D eigenvalue weighted by atomic mass is 10.3. The van der Waals surface area contributed by atoms with Gasteiger partial charge in [0.2, 0.25) is 5.91 Å². The molecule has 0 aliphatic rings. The third-order valence-electron chi connectivity index (χ3n) is 1.69. The number of nitrogens with one attached hydrogen (secondary N) is 1. The normalized spacial score (nSPS) is 8.73. The van der Waals surface area contributed by atoms with Gasteiger partial charge in [-0.25, -0.2) is 9.98 Å². The van der Waals surface area contributed by atoms with E-state index in [-0.39, 0.29) is 37.3 Å². The maximum atomic E-state index is 10.9. The average Bonchev–Trinajstić information content (AvgIpc) is 2.39. The number of rotatable bonds is 8. The molecule has 0 atom stereocenters. The molecular weight excluding hydrogens is 298 g/mol. The monoisotopic (exact) mass is 319 g/mol. The van der Waals surface area contributed by atoms with Gasteiger partial charge in [-0.15, -0.1) is 0 Å². The van der Waals surface area contributed by atoms with Crippen LogP contribution in [0.2, 0.25) is 0 Å². The molecule has 0 saturated carbocycles. The first-order valence-corrected chi connectivity index (χ1v) is 5.96. The first kappa shape index (κ1) is 21.3. The summed E-state index contributed by atoms with van der Waals surface area (Å²) in [5.41, 5.74) is 19.6. The number of aliphatic imine (C=N–C) groups is 2. The molecule has 11 N–H and O–H groups in total. The van der Waals surface area contributed by atoms with E-state index in [1.54, 1.807) is 0 Å². The van der Waals surface area contributed by atoms with Gasteiger partial charge in [-0.05, 0) is 6.42 Å². The predicted octanol–water partition coefficient (Wildman–Crippen LogP) is -3.41. The van der Waals surface area contributed by atoms with Crippen LogP contribution in [0.5, 0.6) is 0 Å². The molecule has 0 aromatic rings. The van der Waals surface area contributed by atoms with Crippen molar-refractivity contribution in [2.45, 2.75) is 12.8 Å². The molecule has 0 bridgehead atoms. The summed E-state index contributed by atoms with van der Waals surface area (Å²) >= 11 is 0. The minimum Gasteiger partial charge on any atom is -0.481 e. The Hall–Kier alpha value is -3.05. The SMILES string of the molecule is NC(N)=NCC(=O)NCCCC(=O)O.NC(N)=NCC(=O)O. The van der Waals surface area contributed by atoms with Crippen molar-refractivity contribution in [3.05, 3.63) is 0 Å². The summed E-state index contributed by atoms with van der Waals surface area (Å²) in [5.74, 6) is -2.61. The molecule has 0 heterocycles. The van der Waals surface area contributed by atoms with E-state index in [9.17, 15) is 14.4 Å². The average molecular weight is 319 g/mol. The van der Waals surface area contributed by atoms with E-state index in [0.29, 0.717) is 13.0 Å². The fourth-order valence-electron chi connectivity index (χ4n) is 0.845. The summed E-state index contributed by atoms with van der Waals surface area (Å²) in [6.07, 6.45) is 0.422. The molecule has 0 aliphatic carbocycles. The zero-order valence-electron chi connectivity index (χ0n) is 11.9. The topological polar surface area (TPSA) is 232 Å². The third-order valence-corrected chi connectivity index (χ3v) is 1.69. The number of nitrogens with two attached hydrogens (primary N) is 4. The van der Waals surface area contributed by atoms with Crippen molar-refractivity contribution < 1.29 is 24.6 Å². The van der Waals surface area contributed by atoms with Gasteiger partial charge in [0.25, 0.3) is 0 Å². The second-order valence-electron chi connectivity index (χ2n) is 3.72. The number of nitrogens with zero attached hydrogens (tertiary/aromatic N) is 2. The number of guanidine groups is 2. The largest absolute Gasteiger partial charge is 0.481 e. The molecule has 0 aromatic heterocycles. The van der Waals surface area contributed by atoms with Crippen molar-refractivity contribution >= 4 is 29.8 Å². The number of carboxylic acids is 2. The summed E-state index contributed by atoms with van der Waals surface area (Å²) in [6, 6.07) is 0. The number of aliphatic carboxylic acids is 2. The first-order valence-electron chi connectivity index (χ1n) is 5.96. The molecule has 0 aliphatic heterocycles. The molecule has 22 heavy (non-hydrogen) atoms. The molecule has 0 unspecified atom stereocenters. The third kappa shape index (κ3) is 22.2. The highest BCUT2D eigenvalue weighted by molar-refractivity contribution is 5.83. The second-order valence-corrected chi connectivity index (χ2v) is 3.72. The fourth-order valence-corrected chi connectivity index (χ4v) is 0.845.